The molecule has 0 aliphatic carbocycles. The SMILES string of the molecule is Cc1nc(COc2ccccc2/C=C/C(=O)Nc2ccc(N(C)C)cc2C(F)(F)F)cs1. The summed E-state index contributed by atoms with van der Waals surface area (Å²) < 4.78 is 46.2. The van der Waals surface area contributed by atoms with Gasteiger partial charge in [0.25, 0.3) is 0 Å². The van der Waals surface area contributed by atoms with Gasteiger partial charge in [-0.25, -0.2) is 4.98 Å². The molecule has 0 saturated carbocycles. The van der Waals surface area contributed by atoms with Gasteiger partial charge in [0, 0.05) is 36.8 Å². The summed E-state index contributed by atoms with van der Waals surface area (Å²) in [5, 5.41) is 5.16. The first kappa shape index (κ1) is 23.3. The molecule has 9 heteroatoms. The first-order valence-electron chi connectivity index (χ1n) is 9.64. The van der Waals surface area contributed by atoms with E-state index in [1.807, 2.05) is 12.3 Å². The van der Waals surface area contributed by atoms with Crippen molar-refractivity contribution in [2.75, 3.05) is 24.3 Å². The van der Waals surface area contributed by atoms with Crippen LogP contribution in [0.2, 0.25) is 0 Å². The Kier molecular flexibility index (Phi) is 7.19. The van der Waals surface area contributed by atoms with Crippen LogP contribution in [-0.4, -0.2) is 25.0 Å². The van der Waals surface area contributed by atoms with E-state index < -0.39 is 17.6 Å². The fraction of sp³-hybridized carbons (Fsp3) is 0.217. The number of nitrogens with one attached hydrogen (secondary N) is 1. The third kappa shape index (κ3) is 6.10. The second kappa shape index (κ2) is 9.86. The molecule has 32 heavy (non-hydrogen) atoms. The Balaban J connectivity index is 1.74. The van der Waals surface area contributed by atoms with Crippen LogP contribution in [0, 0.1) is 6.92 Å². The Morgan fingerprint density at radius 3 is 2.62 bits per heavy atom. The molecule has 0 unspecified atom stereocenters. The smallest absolute Gasteiger partial charge is 0.418 e. The van der Waals surface area contributed by atoms with Gasteiger partial charge in [0.1, 0.15) is 12.4 Å². The highest BCUT2D eigenvalue weighted by molar-refractivity contribution is 7.09. The lowest BCUT2D eigenvalue weighted by atomic mass is 10.1. The summed E-state index contributed by atoms with van der Waals surface area (Å²) in [5.41, 5.74) is 0.583. The number of halogens is 3. The highest BCUT2D eigenvalue weighted by Crippen LogP contribution is 2.37. The number of thiazole rings is 1. The van der Waals surface area contributed by atoms with Crippen molar-refractivity contribution in [2.45, 2.75) is 19.7 Å². The second-order valence-corrected chi connectivity index (χ2v) is 8.19. The molecule has 1 amide bonds. The number of hydrogen-bond donors (Lipinski definition) is 1. The van der Waals surface area contributed by atoms with Crippen molar-refractivity contribution < 1.29 is 22.7 Å². The van der Waals surface area contributed by atoms with E-state index in [-0.39, 0.29) is 12.3 Å². The summed E-state index contributed by atoms with van der Waals surface area (Å²) in [5.74, 6) is -0.147. The van der Waals surface area contributed by atoms with Crippen LogP contribution in [-0.2, 0) is 17.6 Å². The fourth-order valence-corrected chi connectivity index (χ4v) is 3.47. The number of para-hydroxylation sites is 1. The van der Waals surface area contributed by atoms with Gasteiger partial charge in [-0.05, 0) is 37.3 Å². The van der Waals surface area contributed by atoms with Crippen LogP contribution in [0.3, 0.4) is 0 Å². The van der Waals surface area contributed by atoms with Crippen LogP contribution < -0.4 is 15.0 Å². The topological polar surface area (TPSA) is 54.5 Å². The molecule has 5 nitrogen and oxygen atoms in total. The number of alkyl halides is 3. The van der Waals surface area contributed by atoms with Crippen molar-refractivity contribution in [1.82, 2.24) is 4.98 Å². The number of amides is 1. The molecule has 0 saturated heterocycles. The largest absolute Gasteiger partial charge is 0.487 e. The van der Waals surface area contributed by atoms with E-state index in [9.17, 15) is 18.0 Å². The van der Waals surface area contributed by atoms with Gasteiger partial charge in [-0.3, -0.25) is 4.79 Å². The zero-order valence-corrected chi connectivity index (χ0v) is 18.6. The van der Waals surface area contributed by atoms with Gasteiger partial charge in [-0.2, -0.15) is 13.2 Å². The minimum Gasteiger partial charge on any atom is -0.487 e. The molecule has 0 fully saturated rings. The average molecular weight is 462 g/mol. The van der Waals surface area contributed by atoms with E-state index in [0.717, 1.165) is 16.8 Å². The summed E-state index contributed by atoms with van der Waals surface area (Å²) in [6, 6.07) is 10.8. The van der Waals surface area contributed by atoms with E-state index >= 15 is 0 Å². The van der Waals surface area contributed by atoms with Crippen LogP contribution >= 0.6 is 11.3 Å². The van der Waals surface area contributed by atoms with Gasteiger partial charge in [0.2, 0.25) is 5.91 Å². The number of aromatic nitrogens is 1. The maximum atomic E-state index is 13.5. The van der Waals surface area contributed by atoms with Crippen molar-refractivity contribution >= 4 is 34.7 Å². The molecular weight excluding hydrogens is 439 g/mol. The number of carbonyl (C=O) groups excluding carboxylic acids is 1. The van der Waals surface area contributed by atoms with Crippen molar-refractivity contribution in [1.29, 1.82) is 0 Å². The maximum Gasteiger partial charge on any atom is 0.418 e. The van der Waals surface area contributed by atoms with Crippen molar-refractivity contribution in [3.05, 3.63) is 75.7 Å². The fourth-order valence-electron chi connectivity index (χ4n) is 2.87. The first-order valence-corrected chi connectivity index (χ1v) is 10.5. The summed E-state index contributed by atoms with van der Waals surface area (Å²) in [7, 11) is 3.29. The van der Waals surface area contributed by atoms with E-state index in [2.05, 4.69) is 10.3 Å². The van der Waals surface area contributed by atoms with E-state index in [0.29, 0.717) is 17.0 Å². The molecule has 0 aliphatic heterocycles. The lowest BCUT2D eigenvalue weighted by Gasteiger charge is -2.18. The second-order valence-electron chi connectivity index (χ2n) is 7.13. The van der Waals surface area contributed by atoms with Gasteiger partial charge in [0.05, 0.1) is 22.0 Å². The average Bonchev–Trinajstić information content (AvgIpc) is 3.15. The highest BCUT2D eigenvalue weighted by atomic mass is 32.1. The number of nitrogens with zero attached hydrogens (tertiary/aromatic N) is 2. The predicted molar refractivity (Wildman–Crippen MR) is 121 cm³/mol. The standard InChI is InChI=1S/C23H22F3N3O2S/c1-15-27-17(14-32-15)13-31-21-7-5-4-6-16(21)8-11-22(30)28-20-10-9-18(29(2)3)12-19(20)23(24,25)26/h4-12,14H,13H2,1-3H3,(H,28,30)/b11-8+. The van der Waals surface area contributed by atoms with Crippen LogP contribution in [0.15, 0.2) is 53.9 Å². The molecule has 3 aromatic rings. The quantitative estimate of drug-likeness (QED) is 0.454. The van der Waals surface area contributed by atoms with E-state index in [4.69, 9.17) is 4.74 Å². The predicted octanol–water partition coefficient (Wildman–Crippen LogP) is 5.77. The van der Waals surface area contributed by atoms with Crippen LogP contribution in [0.25, 0.3) is 6.08 Å². The van der Waals surface area contributed by atoms with Crippen molar-refractivity contribution in [2.24, 2.45) is 0 Å². The van der Waals surface area contributed by atoms with E-state index in [1.54, 1.807) is 43.3 Å². The molecule has 3 rings (SSSR count). The van der Waals surface area contributed by atoms with Gasteiger partial charge in [-0.15, -0.1) is 11.3 Å². The number of aryl methyl sites for hydroxylation is 1. The number of hydrogen-bond acceptors (Lipinski definition) is 5. The van der Waals surface area contributed by atoms with Crippen LogP contribution in [0.5, 0.6) is 5.75 Å². The lowest BCUT2D eigenvalue weighted by molar-refractivity contribution is -0.136. The van der Waals surface area contributed by atoms with Crippen LogP contribution in [0.4, 0.5) is 24.5 Å². The molecule has 0 radical (unpaired) electrons. The van der Waals surface area contributed by atoms with Gasteiger partial charge < -0.3 is 15.0 Å². The zero-order valence-electron chi connectivity index (χ0n) is 17.7. The Bertz CT molecular complexity index is 1120. The maximum absolute atomic E-state index is 13.5. The monoisotopic (exact) mass is 461 g/mol. The Morgan fingerprint density at radius 1 is 1.22 bits per heavy atom. The molecule has 168 valence electrons. The molecule has 1 heterocycles. The van der Waals surface area contributed by atoms with Gasteiger partial charge >= 0.3 is 6.18 Å². The third-order valence-electron chi connectivity index (χ3n) is 4.46. The van der Waals surface area contributed by atoms with E-state index in [1.165, 1.54) is 35.6 Å². The molecule has 1 aromatic heterocycles. The molecule has 1 N–H and O–H groups in total. The van der Waals surface area contributed by atoms with Gasteiger partial charge in [0.15, 0.2) is 0 Å². The minimum atomic E-state index is -4.60. The Hall–Kier alpha value is -3.33. The molecule has 0 spiro atoms. The first-order chi connectivity index (χ1) is 15.1. The molecule has 0 atom stereocenters. The summed E-state index contributed by atoms with van der Waals surface area (Å²) in [6.07, 6.45) is -1.93. The number of anilines is 2. The summed E-state index contributed by atoms with van der Waals surface area (Å²) in [4.78, 5) is 18.3. The number of benzene rings is 2. The summed E-state index contributed by atoms with van der Waals surface area (Å²) in [6.45, 7) is 2.18. The molecule has 0 aliphatic rings. The number of carbonyl (C=O) groups is 1. The number of ether oxygens (including phenoxy) is 1. The van der Waals surface area contributed by atoms with Crippen molar-refractivity contribution in [3.8, 4) is 5.75 Å². The normalized spacial score (nSPS) is 11.6. The zero-order chi connectivity index (χ0) is 23.3. The van der Waals surface area contributed by atoms with Crippen LogP contribution in [0.1, 0.15) is 21.8 Å². The Labute approximate surface area is 188 Å². The highest BCUT2D eigenvalue weighted by Gasteiger charge is 2.34. The lowest BCUT2D eigenvalue weighted by Crippen LogP contribution is -2.16. The van der Waals surface area contributed by atoms with Crippen molar-refractivity contribution in [3.63, 3.8) is 0 Å². The molecule has 0 bridgehead atoms. The number of rotatable bonds is 7. The Morgan fingerprint density at radius 2 is 1.97 bits per heavy atom. The third-order valence-corrected chi connectivity index (χ3v) is 5.28. The molecular formula is C23H22F3N3O2S. The van der Waals surface area contributed by atoms with Gasteiger partial charge in [-0.1, -0.05) is 18.2 Å². The molecule has 2 aromatic carbocycles. The minimum absolute atomic E-state index is 0.272. The summed E-state index contributed by atoms with van der Waals surface area (Å²) >= 11 is 1.52.